The van der Waals surface area contributed by atoms with Crippen molar-refractivity contribution in [1.29, 1.82) is 0 Å². The molecule has 1 heterocycles. The lowest BCUT2D eigenvalue weighted by molar-refractivity contribution is -0.136. The van der Waals surface area contributed by atoms with Crippen molar-refractivity contribution >= 4 is 23.7 Å². The highest BCUT2D eigenvalue weighted by Gasteiger charge is 2.61. The van der Waals surface area contributed by atoms with Gasteiger partial charge in [0.2, 0.25) is 0 Å². The second kappa shape index (κ2) is 7.65. The molecule has 2 atom stereocenters. The SMILES string of the molecule is COc1ccc(O)c(N(C(=O)O)C2(c3cc(F)ccc3O)C(=O)N(C)C(=O)NC2N)c1. The first-order valence-corrected chi connectivity index (χ1v) is 8.79. The number of likely N-dealkylation sites (N-methyl/N-ethyl adjacent to an activating group) is 1. The molecule has 1 aliphatic heterocycles. The van der Waals surface area contributed by atoms with Gasteiger partial charge in [0, 0.05) is 18.7 Å². The Bertz CT molecular complexity index is 1080. The first-order chi connectivity index (χ1) is 14.5. The van der Waals surface area contributed by atoms with Crippen LogP contribution in [0.2, 0.25) is 0 Å². The van der Waals surface area contributed by atoms with Gasteiger partial charge >= 0.3 is 12.1 Å². The van der Waals surface area contributed by atoms with Gasteiger partial charge in [-0.05, 0) is 30.3 Å². The Morgan fingerprint density at radius 1 is 1.23 bits per heavy atom. The van der Waals surface area contributed by atoms with Crippen LogP contribution in [0.3, 0.4) is 0 Å². The van der Waals surface area contributed by atoms with E-state index in [0.717, 1.165) is 37.4 Å². The highest BCUT2D eigenvalue weighted by atomic mass is 19.1. The summed E-state index contributed by atoms with van der Waals surface area (Å²) in [6, 6.07) is 5.15. The Morgan fingerprint density at radius 3 is 2.48 bits per heavy atom. The van der Waals surface area contributed by atoms with Crippen LogP contribution in [0.15, 0.2) is 36.4 Å². The van der Waals surface area contributed by atoms with Gasteiger partial charge in [-0.25, -0.2) is 14.0 Å². The first kappa shape index (κ1) is 21.6. The van der Waals surface area contributed by atoms with Gasteiger partial charge in [0.15, 0.2) is 5.54 Å². The molecule has 2 aromatic rings. The number of urea groups is 1. The van der Waals surface area contributed by atoms with E-state index >= 15 is 0 Å². The van der Waals surface area contributed by atoms with Crippen molar-refractivity contribution in [3.8, 4) is 17.2 Å². The number of hydrogen-bond acceptors (Lipinski definition) is 7. The fourth-order valence-corrected chi connectivity index (χ4v) is 3.52. The van der Waals surface area contributed by atoms with Crippen molar-refractivity contribution in [3.05, 3.63) is 47.8 Å². The zero-order valence-electron chi connectivity index (χ0n) is 16.4. The molecule has 1 fully saturated rings. The van der Waals surface area contributed by atoms with Gasteiger partial charge in [-0.2, -0.15) is 0 Å². The predicted molar refractivity (Wildman–Crippen MR) is 104 cm³/mol. The maximum atomic E-state index is 14.2. The van der Waals surface area contributed by atoms with Crippen LogP contribution in [0.1, 0.15) is 5.56 Å². The Morgan fingerprint density at radius 2 is 1.87 bits per heavy atom. The Balaban J connectivity index is 2.45. The molecule has 31 heavy (non-hydrogen) atoms. The molecule has 6 N–H and O–H groups in total. The number of benzene rings is 2. The third-order valence-corrected chi connectivity index (χ3v) is 5.00. The highest BCUT2D eigenvalue weighted by Crippen LogP contribution is 2.45. The maximum absolute atomic E-state index is 14.2. The smallest absolute Gasteiger partial charge is 0.413 e. The molecule has 12 heteroatoms. The summed E-state index contributed by atoms with van der Waals surface area (Å²) in [5.74, 6) is -3.23. The summed E-state index contributed by atoms with van der Waals surface area (Å²) < 4.78 is 19.2. The molecule has 1 aliphatic rings. The summed E-state index contributed by atoms with van der Waals surface area (Å²) in [5, 5.41) is 33.2. The van der Waals surface area contributed by atoms with E-state index in [1.165, 1.54) is 13.2 Å². The molecule has 0 radical (unpaired) electrons. The van der Waals surface area contributed by atoms with Crippen molar-refractivity contribution in [1.82, 2.24) is 10.2 Å². The van der Waals surface area contributed by atoms with Crippen LogP contribution in [0.4, 0.5) is 19.7 Å². The quantitative estimate of drug-likeness (QED) is 0.477. The van der Waals surface area contributed by atoms with Gasteiger partial charge in [0.05, 0.1) is 12.8 Å². The number of anilines is 1. The number of halogens is 1. The second-order valence-corrected chi connectivity index (χ2v) is 6.69. The van der Waals surface area contributed by atoms with Crippen molar-refractivity contribution in [2.75, 3.05) is 19.1 Å². The van der Waals surface area contributed by atoms with E-state index in [9.17, 15) is 34.1 Å². The van der Waals surface area contributed by atoms with Gasteiger partial charge < -0.3 is 31.1 Å². The van der Waals surface area contributed by atoms with E-state index in [4.69, 9.17) is 10.5 Å². The first-order valence-electron chi connectivity index (χ1n) is 8.79. The molecule has 0 spiro atoms. The van der Waals surface area contributed by atoms with E-state index in [0.29, 0.717) is 9.80 Å². The summed E-state index contributed by atoms with van der Waals surface area (Å²) in [6.07, 6.45) is -3.57. The number of carbonyl (C=O) groups excluding carboxylic acids is 2. The molecule has 0 aromatic heterocycles. The number of phenols is 2. The zero-order valence-corrected chi connectivity index (χ0v) is 16.4. The zero-order chi connectivity index (χ0) is 23.1. The number of ether oxygens (including phenoxy) is 1. The third-order valence-electron chi connectivity index (χ3n) is 5.00. The van der Waals surface area contributed by atoms with Crippen LogP contribution in [0.25, 0.3) is 0 Å². The number of carbonyl (C=O) groups is 3. The number of nitrogens with one attached hydrogen (secondary N) is 1. The minimum Gasteiger partial charge on any atom is -0.508 e. The molecule has 1 saturated heterocycles. The van der Waals surface area contributed by atoms with Crippen LogP contribution in [-0.4, -0.2) is 58.6 Å². The van der Waals surface area contributed by atoms with Crippen molar-refractivity contribution < 1.29 is 38.8 Å². The van der Waals surface area contributed by atoms with E-state index in [1.54, 1.807) is 0 Å². The number of aromatic hydroxyl groups is 2. The maximum Gasteiger partial charge on any atom is 0.413 e. The van der Waals surface area contributed by atoms with Crippen molar-refractivity contribution in [2.24, 2.45) is 5.73 Å². The normalized spacial score (nSPS) is 20.9. The number of imide groups is 1. The van der Waals surface area contributed by atoms with E-state index in [-0.39, 0.29) is 5.75 Å². The molecule has 4 amide bonds. The second-order valence-electron chi connectivity index (χ2n) is 6.69. The van der Waals surface area contributed by atoms with Crippen molar-refractivity contribution in [2.45, 2.75) is 11.7 Å². The highest BCUT2D eigenvalue weighted by molar-refractivity contribution is 6.10. The molecule has 164 valence electrons. The molecule has 2 unspecified atom stereocenters. The van der Waals surface area contributed by atoms with Crippen LogP contribution < -0.4 is 20.7 Å². The van der Waals surface area contributed by atoms with Crippen LogP contribution >= 0.6 is 0 Å². The molecular weight excluding hydrogens is 415 g/mol. The fourth-order valence-electron chi connectivity index (χ4n) is 3.52. The van der Waals surface area contributed by atoms with Crippen molar-refractivity contribution in [3.63, 3.8) is 0 Å². The predicted octanol–water partition coefficient (Wildman–Crippen LogP) is 1.09. The molecule has 3 rings (SSSR count). The van der Waals surface area contributed by atoms with Gasteiger partial charge in [-0.15, -0.1) is 0 Å². The molecule has 0 bridgehead atoms. The van der Waals surface area contributed by atoms with Gasteiger partial charge in [-0.3, -0.25) is 14.6 Å². The summed E-state index contributed by atoms with van der Waals surface area (Å²) >= 11 is 0. The van der Waals surface area contributed by atoms with Crippen LogP contribution in [0, 0.1) is 5.82 Å². The largest absolute Gasteiger partial charge is 0.508 e. The number of hydrogen-bond donors (Lipinski definition) is 5. The number of amides is 4. The van der Waals surface area contributed by atoms with E-state index < -0.39 is 58.3 Å². The van der Waals surface area contributed by atoms with Gasteiger partial charge in [0.25, 0.3) is 5.91 Å². The van der Waals surface area contributed by atoms with E-state index in [2.05, 4.69) is 5.32 Å². The Kier molecular flexibility index (Phi) is 5.34. The molecular formula is C19H19FN4O7. The minimum absolute atomic E-state index is 0.117. The number of nitrogens with two attached hydrogens (primary N) is 1. The number of phenolic OH excluding ortho intramolecular Hbond substituents is 2. The number of nitrogens with zero attached hydrogens (tertiary/aromatic N) is 2. The number of rotatable bonds is 4. The van der Waals surface area contributed by atoms with Crippen LogP contribution in [0.5, 0.6) is 17.2 Å². The lowest BCUT2D eigenvalue weighted by Gasteiger charge is -2.49. The monoisotopic (exact) mass is 434 g/mol. The Hall–Kier alpha value is -4.06. The molecule has 0 aliphatic carbocycles. The Labute approximate surface area is 175 Å². The summed E-state index contributed by atoms with van der Waals surface area (Å²) in [6.45, 7) is 0. The molecule has 2 aromatic carbocycles. The topological polar surface area (TPSA) is 166 Å². The standard InChI is InChI=1S/C19H19FN4O7/c1-23-16(27)19(15(21)22-17(23)28,11-7-9(20)3-5-13(11)25)24(18(29)30)12-8-10(31-2)4-6-14(12)26/h3-8,15,25-26H,21H2,1-2H3,(H,22,28)(H,29,30). The third kappa shape index (κ3) is 3.22. The van der Waals surface area contributed by atoms with Crippen LogP contribution in [-0.2, 0) is 10.3 Å². The number of methoxy groups -OCH3 is 1. The fraction of sp³-hybridized carbons (Fsp3) is 0.211. The molecule has 0 saturated carbocycles. The lowest BCUT2D eigenvalue weighted by Crippen LogP contribution is -2.76. The molecule has 11 nitrogen and oxygen atoms in total. The van der Waals surface area contributed by atoms with Gasteiger partial charge in [0.1, 0.15) is 29.2 Å². The average molecular weight is 434 g/mol. The summed E-state index contributed by atoms with van der Waals surface area (Å²) in [5.41, 5.74) is 2.49. The van der Waals surface area contributed by atoms with Gasteiger partial charge in [-0.1, -0.05) is 0 Å². The average Bonchev–Trinajstić information content (AvgIpc) is 2.72. The van der Waals surface area contributed by atoms with E-state index in [1.807, 2.05) is 0 Å². The number of carboxylic acid groups (broad SMARTS) is 1. The summed E-state index contributed by atoms with van der Waals surface area (Å²) in [4.78, 5) is 38.9. The minimum atomic E-state index is -2.59. The summed E-state index contributed by atoms with van der Waals surface area (Å²) in [7, 11) is 2.35. The lowest BCUT2D eigenvalue weighted by atomic mass is 9.81.